The highest BCUT2D eigenvalue weighted by Crippen LogP contribution is 2.25. The lowest BCUT2D eigenvalue weighted by molar-refractivity contribution is 0.134. The summed E-state index contributed by atoms with van der Waals surface area (Å²) in [5, 5.41) is 10.9. The number of aromatic amines is 1. The van der Waals surface area contributed by atoms with Crippen molar-refractivity contribution >= 4 is 0 Å². The van der Waals surface area contributed by atoms with E-state index in [1.54, 1.807) is 12.1 Å². The van der Waals surface area contributed by atoms with Crippen molar-refractivity contribution in [3.05, 3.63) is 41.8 Å². The highest BCUT2D eigenvalue weighted by atomic mass is 19.1. The molecule has 2 fully saturated rings. The van der Waals surface area contributed by atoms with E-state index in [2.05, 4.69) is 20.4 Å². The summed E-state index contributed by atoms with van der Waals surface area (Å²) in [5.41, 5.74) is 3.03. The largest absolute Gasteiger partial charge is 0.381 e. The number of aromatic nitrogens is 2. The zero-order valence-electron chi connectivity index (χ0n) is 15.1. The number of ether oxygens (including phenoxy) is 1. The average molecular weight is 358 g/mol. The lowest BCUT2D eigenvalue weighted by Gasteiger charge is -2.32. The zero-order chi connectivity index (χ0) is 17.8. The number of likely N-dealkylation sites (tertiary alicyclic amines) is 1. The van der Waals surface area contributed by atoms with Gasteiger partial charge in [-0.15, -0.1) is 0 Å². The van der Waals surface area contributed by atoms with Gasteiger partial charge in [-0.1, -0.05) is 0 Å². The van der Waals surface area contributed by atoms with E-state index in [-0.39, 0.29) is 5.82 Å². The minimum atomic E-state index is -0.222. The Labute approximate surface area is 153 Å². The van der Waals surface area contributed by atoms with Crippen molar-refractivity contribution in [2.45, 2.75) is 31.8 Å². The summed E-state index contributed by atoms with van der Waals surface area (Å²) in [5.74, 6) is 0.404. The van der Waals surface area contributed by atoms with E-state index in [1.807, 2.05) is 6.20 Å². The van der Waals surface area contributed by atoms with Crippen LogP contribution in [0, 0.1) is 11.7 Å². The van der Waals surface area contributed by atoms with Crippen LogP contribution in [0.25, 0.3) is 11.3 Å². The molecule has 0 aliphatic carbocycles. The molecule has 4 rings (SSSR count). The van der Waals surface area contributed by atoms with Crippen molar-refractivity contribution in [1.29, 1.82) is 0 Å². The smallest absolute Gasteiger partial charge is 0.123 e. The van der Waals surface area contributed by atoms with E-state index in [9.17, 15) is 4.39 Å². The van der Waals surface area contributed by atoms with Crippen molar-refractivity contribution in [2.75, 3.05) is 32.8 Å². The fourth-order valence-corrected chi connectivity index (χ4v) is 4.19. The normalized spacial score (nSPS) is 22.1. The first kappa shape index (κ1) is 17.6. The predicted molar refractivity (Wildman–Crippen MR) is 99.2 cm³/mol. The van der Waals surface area contributed by atoms with Crippen LogP contribution >= 0.6 is 0 Å². The Kier molecular flexibility index (Phi) is 5.62. The minimum Gasteiger partial charge on any atom is -0.381 e. The van der Waals surface area contributed by atoms with Crippen molar-refractivity contribution in [3.8, 4) is 11.3 Å². The maximum atomic E-state index is 13.2. The second-order valence-corrected chi connectivity index (χ2v) is 7.34. The molecule has 26 heavy (non-hydrogen) atoms. The van der Waals surface area contributed by atoms with Crippen molar-refractivity contribution < 1.29 is 9.13 Å². The van der Waals surface area contributed by atoms with Gasteiger partial charge >= 0.3 is 0 Å². The summed E-state index contributed by atoms with van der Waals surface area (Å²) in [6.45, 7) is 5.90. The Morgan fingerprint density at radius 2 is 2.08 bits per heavy atom. The molecule has 3 heterocycles. The van der Waals surface area contributed by atoms with E-state index < -0.39 is 0 Å². The number of H-pyrrole nitrogens is 1. The summed E-state index contributed by atoms with van der Waals surface area (Å²) in [6.07, 6.45) is 5.63. The molecule has 0 spiro atoms. The third-order valence-corrected chi connectivity index (χ3v) is 5.64. The van der Waals surface area contributed by atoms with Gasteiger partial charge in [0.25, 0.3) is 0 Å². The van der Waals surface area contributed by atoms with E-state index in [4.69, 9.17) is 4.74 Å². The molecule has 0 amide bonds. The van der Waals surface area contributed by atoms with Crippen LogP contribution in [0.1, 0.15) is 24.8 Å². The third kappa shape index (κ3) is 3.98. The number of halogens is 1. The van der Waals surface area contributed by atoms with Crippen LogP contribution in [-0.2, 0) is 11.3 Å². The molecule has 0 bridgehead atoms. The maximum Gasteiger partial charge on any atom is 0.123 e. The molecule has 0 saturated carbocycles. The second-order valence-electron chi connectivity index (χ2n) is 7.34. The molecule has 1 aromatic heterocycles. The Hall–Kier alpha value is -1.76. The average Bonchev–Trinajstić information content (AvgIpc) is 3.41. The van der Waals surface area contributed by atoms with Crippen LogP contribution in [0.15, 0.2) is 30.5 Å². The molecule has 2 atom stereocenters. The molecule has 0 unspecified atom stereocenters. The lowest BCUT2D eigenvalue weighted by atomic mass is 9.97. The predicted octanol–water partition coefficient (Wildman–Crippen LogP) is 2.81. The number of nitrogens with zero attached hydrogens (tertiary/aromatic N) is 2. The number of hydrogen-bond acceptors (Lipinski definition) is 4. The molecule has 5 nitrogen and oxygen atoms in total. The second kappa shape index (κ2) is 8.29. The highest BCUT2D eigenvalue weighted by molar-refractivity contribution is 5.62. The molecule has 0 radical (unpaired) electrons. The van der Waals surface area contributed by atoms with Crippen molar-refractivity contribution in [3.63, 3.8) is 0 Å². The molecule has 2 aliphatic rings. The fourth-order valence-electron chi connectivity index (χ4n) is 4.19. The third-order valence-electron chi connectivity index (χ3n) is 5.64. The minimum absolute atomic E-state index is 0.222. The number of rotatable bonds is 7. The molecule has 2 aliphatic heterocycles. The van der Waals surface area contributed by atoms with Crippen molar-refractivity contribution in [2.24, 2.45) is 5.92 Å². The first-order chi connectivity index (χ1) is 12.8. The van der Waals surface area contributed by atoms with Gasteiger partial charge in [-0.3, -0.25) is 10.00 Å². The van der Waals surface area contributed by atoms with E-state index >= 15 is 0 Å². The topological polar surface area (TPSA) is 53.2 Å². The maximum absolute atomic E-state index is 13.2. The summed E-state index contributed by atoms with van der Waals surface area (Å²) < 4.78 is 18.8. The molecule has 2 saturated heterocycles. The van der Waals surface area contributed by atoms with Gasteiger partial charge < -0.3 is 10.1 Å². The van der Waals surface area contributed by atoms with Gasteiger partial charge in [0.2, 0.25) is 0 Å². The number of nitrogens with one attached hydrogen (secondary N) is 2. The van der Waals surface area contributed by atoms with E-state index in [0.29, 0.717) is 12.0 Å². The summed E-state index contributed by atoms with van der Waals surface area (Å²) in [7, 11) is 0. The molecular weight excluding hydrogens is 331 g/mol. The molecular formula is C20H27FN4O. The summed E-state index contributed by atoms with van der Waals surface area (Å²) in [6, 6.07) is 7.08. The van der Waals surface area contributed by atoms with Crippen LogP contribution in [0.4, 0.5) is 4.39 Å². The first-order valence-electron chi connectivity index (χ1n) is 9.62. The Bertz CT molecular complexity index is 674. The molecule has 1 aromatic carbocycles. The van der Waals surface area contributed by atoms with Crippen LogP contribution in [0.2, 0.25) is 0 Å². The van der Waals surface area contributed by atoms with Gasteiger partial charge in [0.1, 0.15) is 5.82 Å². The van der Waals surface area contributed by atoms with Gasteiger partial charge in [0.15, 0.2) is 0 Å². The van der Waals surface area contributed by atoms with Crippen LogP contribution in [-0.4, -0.2) is 54.0 Å². The van der Waals surface area contributed by atoms with Crippen LogP contribution in [0.5, 0.6) is 0 Å². The van der Waals surface area contributed by atoms with E-state index in [1.165, 1.54) is 38.1 Å². The first-order valence-corrected chi connectivity index (χ1v) is 9.62. The highest BCUT2D eigenvalue weighted by Gasteiger charge is 2.31. The van der Waals surface area contributed by atoms with Crippen LogP contribution in [0.3, 0.4) is 0 Å². The molecule has 2 aromatic rings. The summed E-state index contributed by atoms with van der Waals surface area (Å²) in [4.78, 5) is 2.63. The molecule has 6 heteroatoms. The Balaban J connectivity index is 1.39. The number of hydrogen-bond donors (Lipinski definition) is 2. The summed E-state index contributed by atoms with van der Waals surface area (Å²) >= 11 is 0. The van der Waals surface area contributed by atoms with Gasteiger partial charge in [-0.2, -0.15) is 5.10 Å². The van der Waals surface area contributed by atoms with Gasteiger partial charge in [0.05, 0.1) is 18.5 Å². The fraction of sp³-hybridized carbons (Fsp3) is 0.550. The zero-order valence-corrected chi connectivity index (χ0v) is 15.1. The van der Waals surface area contributed by atoms with Gasteiger partial charge in [-0.25, -0.2) is 4.39 Å². The number of benzene rings is 1. The molecule has 140 valence electrons. The quantitative estimate of drug-likeness (QED) is 0.799. The standard InChI is InChI=1S/C20H27FN4O/c21-18-5-3-15(4-6-18)20-17(12-23-24-20)11-22-13-19(16-7-10-26-14-16)25-8-1-2-9-25/h3-6,12,16,19,22H,1-2,7-11,13-14H2,(H,23,24)/t16-,19+/m1/s1. The van der Waals surface area contributed by atoms with Crippen LogP contribution < -0.4 is 5.32 Å². The Morgan fingerprint density at radius 3 is 2.81 bits per heavy atom. The molecule has 2 N–H and O–H groups in total. The SMILES string of the molecule is Fc1ccc(-c2[nH]ncc2CNC[C@@H]([C@@H]2CCOC2)N2CCCC2)cc1. The lowest BCUT2D eigenvalue weighted by Crippen LogP contribution is -2.45. The van der Waals surface area contributed by atoms with Gasteiger partial charge in [0, 0.05) is 42.8 Å². The van der Waals surface area contributed by atoms with E-state index in [0.717, 1.165) is 49.5 Å². The Morgan fingerprint density at radius 1 is 1.27 bits per heavy atom. The van der Waals surface area contributed by atoms with Crippen molar-refractivity contribution in [1.82, 2.24) is 20.4 Å². The van der Waals surface area contributed by atoms with Gasteiger partial charge in [-0.05, 0) is 56.6 Å². The monoisotopic (exact) mass is 358 g/mol.